The Balaban J connectivity index is 1.71. The maximum atomic E-state index is 12.5. The van der Waals surface area contributed by atoms with Crippen molar-refractivity contribution in [2.75, 3.05) is 18.5 Å². The fourth-order valence-electron chi connectivity index (χ4n) is 3.12. The first-order chi connectivity index (χ1) is 13.5. The van der Waals surface area contributed by atoms with Gasteiger partial charge in [0.2, 0.25) is 0 Å². The van der Waals surface area contributed by atoms with E-state index in [0.717, 1.165) is 29.7 Å². The number of carbonyl (C=O) groups is 3. The maximum Gasteiger partial charge on any atom is 0.341 e. The molecule has 0 aliphatic heterocycles. The number of esters is 2. The van der Waals surface area contributed by atoms with Gasteiger partial charge in [-0.15, -0.1) is 11.3 Å². The quantitative estimate of drug-likeness (QED) is 0.746. The highest BCUT2D eigenvalue weighted by molar-refractivity contribution is 7.17. The summed E-state index contributed by atoms with van der Waals surface area (Å²) in [6, 6.07) is 3.02. The molecule has 2 aromatic rings. The zero-order valence-electron chi connectivity index (χ0n) is 15.8. The van der Waals surface area contributed by atoms with Gasteiger partial charge in [0, 0.05) is 17.3 Å². The van der Waals surface area contributed by atoms with Gasteiger partial charge in [-0.25, -0.2) is 9.59 Å². The van der Waals surface area contributed by atoms with E-state index in [1.807, 2.05) is 0 Å². The molecule has 8 heteroatoms. The molecule has 0 aromatic carbocycles. The molecule has 7 nitrogen and oxygen atoms in total. The number of hydrogen-bond acceptors (Lipinski definition) is 7. The molecule has 2 aromatic heterocycles. The smallest absolute Gasteiger partial charge is 0.341 e. The second-order valence-corrected chi connectivity index (χ2v) is 7.74. The van der Waals surface area contributed by atoms with Crippen LogP contribution in [-0.2, 0) is 27.1 Å². The van der Waals surface area contributed by atoms with Gasteiger partial charge in [0.25, 0.3) is 5.91 Å². The number of nitrogens with one attached hydrogen (secondary N) is 1. The van der Waals surface area contributed by atoms with E-state index >= 15 is 0 Å². The third kappa shape index (κ3) is 4.56. The van der Waals surface area contributed by atoms with Gasteiger partial charge in [-0.1, -0.05) is 6.92 Å². The van der Waals surface area contributed by atoms with Gasteiger partial charge in [-0.3, -0.25) is 9.78 Å². The van der Waals surface area contributed by atoms with E-state index < -0.39 is 24.5 Å². The molecule has 1 aliphatic carbocycles. The highest BCUT2D eigenvalue weighted by Crippen LogP contribution is 2.40. The minimum absolute atomic E-state index is 0.261. The van der Waals surface area contributed by atoms with Crippen molar-refractivity contribution in [3.8, 4) is 0 Å². The second-order valence-electron chi connectivity index (χ2n) is 6.64. The molecule has 2 heterocycles. The molecule has 1 N–H and O–H groups in total. The van der Waals surface area contributed by atoms with Gasteiger partial charge in [-0.2, -0.15) is 0 Å². The number of fused-ring (bicyclic) bond motifs is 1. The average Bonchev–Trinajstić information content (AvgIpc) is 3.03. The normalized spacial score (nSPS) is 15.4. The van der Waals surface area contributed by atoms with Crippen LogP contribution >= 0.6 is 11.3 Å². The molecule has 28 heavy (non-hydrogen) atoms. The SMILES string of the molecule is CCOC(=O)c1c(NC(=O)COC(=O)c2ccncc2)sc2c1CCC(C)C2. The number of thiophene rings is 1. The zero-order valence-corrected chi connectivity index (χ0v) is 16.6. The van der Waals surface area contributed by atoms with E-state index in [1.165, 1.54) is 35.9 Å². The highest BCUT2D eigenvalue weighted by atomic mass is 32.1. The summed E-state index contributed by atoms with van der Waals surface area (Å²) >= 11 is 1.40. The molecule has 0 spiro atoms. The lowest BCUT2D eigenvalue weighted by atomic mass is 9.88. The zero-order chi connectivity index (χ0) is 20.1. The van der Waals surface area contributed by atoms with Gasteiger partial charge in [-0.05, 0) is 49.8 Å². The summed E-state index contributed by atoms with van der Waals surface area (Å²) in [4.78, 5) is 41.7. The van der Waals surface area contributed by atoms with Crippen LogP contribution in [0.2, 0.25) is 0 Å². The molecule has 1 atom stereocenters. The van der Waals surface area contributed by atoms with Crippen LogP contribution in [0.1, 0.15) is 51.4 Å². The highest BCUT2D eigenvalue weighted by Gasteiger charge is 2.29. The summed E-state index contributed by atoms with van der Waals surface area (Å²) in [5, 5.41) is 3.18. The Hall–Kier alpha value is -2.74. The summed E-state index contributed by atoms with van der Waals surface area (Å²) in [5.41, 5.74) is 1.71. The summed E-state index contributed by atoms with van der Waals surface area (Å²) < 4.78 is 10.2. The monoisotopic (exact) mass is 402 g/mol. The average molecular weight is 402 g/mol. The first kappa shape index (κ1) is 20.0. The molecule has 1 unspecified atom stereocenters. The van der Waals surface area contributed by atoms with E-state index in [-0.39, 0.29) is 6.61 Å². The molecule has 0 fully saturated rings. The second kappa shape index (κ2) is 8.97. The van der Waals surface area contributed by atoms with Crippen molar-refractivity contribution >= 4 is 34.2 Å². The number of ether oxygens (including phenoxy) is 2. The number of pyridine rings is 1. The van der Waals surface area contributed by atoms with Crippen LogP contribution in [-0.4, -0.2) is 36.0 Å². The summed E-state index contributed by atoms with van der Waals surface area (Å²) in [6.07, 6.45) is 5.60. The number of hydrogen-bond donors (Lipinski definition) is 1. The van der Waals surface area contributed by atoms with Crippen LogP contribution in [0.3, 0.4) is 0 Å². The molecule has 148 valence electrons. The van der Waals surface area contributed by atoms with Gasteiger partial charge in [0.15, 0.2) is 6.61 Å². The van der Waals surface area contributed by atoms with Crippen LogP contribution in [0.5, 0.6) is 0 Å². The van der Waals surface area contributed by atoms with Crippen LogP contribution in [0.25, 0.3) is 0 Å². The molecule has 0 saturated heterocycles. The van der Waals surface area contributed by atoms with Crippen molar-refractivity contribution < 1.29 is 23.9 Å². The topological polar surface area (TPSA) is 94.6 Å². The predicted molar refractivity (Wildman–Crippen MR) is 105 cm³/mol. The van der Waals surface area contributed by atoms with Crippen LogP contribution < -0.4 is 5.32 Å². The first-order valence-electron chi connectivity index (χ1n) is 9.18. The third-order valence-corrected chi connectivity index (χ3v) is 5.66. The fourth-order valence-corrected chi connectivity index (χ4v) is 4.54. The number of rotatable bonds is 6. The summed E-state index contributed by atoms with van der Waals surface area (Å²) in [7, 11) is 0. The van der Waals surface area contributed by atoms with Gasteiger partial charge in [0.1, 0.15) is 5.00 Å². The number of nitrogens with zero attached hydrogens (tertiary/aromatic N) is 1. The fraction of sp³-hybridized carbons (Fsp3) is 0.400. The Kier molecular flexibility index (Phi) is 6.41. The van der Waals surface area contributed by atoms with Crippen LogP contribution in [0.15, 0.2) is 24.5 Å². The Labute approximate surface area is 167 Å². The summed E-state index contributed by atoms with van der Waals surface area (Å²) in [6.45, 7) is 3.73. The standard InChI is InChI=1S/C20H22N2O5S/c1-3-26-20(25)17-14-5-4-12(2)10-15(14)28-18(17)22-16(23)11-27-19(24)13-6-8-21-9-7-13/h6-9,12H,3-5,10-11H2,1-2H3,(H,22,23). The van der Waals surface area contributed by atoms with Gasteiger partial charge < -0.3 is 14.8 Å². The lowest BCUT2D eigenvalue weighted by Gasteiger charge is -2.18. The Morgan fingerprint density at radius 3 is 2.68 bits per heavy atom. The van der Waals surface area contributed by atoms with Crippen molar-refractivity contribution in [3.05, 3.63) is 46.1 Å². The van der Waals surface area contributed by atoms with Gasteiger partial charge >= 0.3 is 11.9 Å². The molecule has 1 aliphatic rings. The molecular formula is C20H22N2O5S. The number of amides is 1. The van der Waals surface area contributed by atoms with E-state index in [4.69, 9.17) is 9.47 Å². The lowest BCUT2D eigenvalue weighted by Crippen LogP contribution is -2.22. The van der Waals surface area contributed by atoms with E-state index in [9.17, 15) is 14.4 Å². The van der Waals surface area contributed by atoms with Crippen molar-refractivity contribution in [2.24, 2.45) is 5.92 Å². The van der Waals surface area contributed by atoms with Crippen molar-refractivity contribution in [3.63, 3.8) is 0 Å². The molecular weight excluding hydrogens is 380 g/mol. The number of carbonyl (C=O) groups excluding carboxylic acids is 3. The maximum absolute atomic E-state index is 12.5. The first-order valence-corrected chi connectivity index (χ1v) is 9.99. The van der Waals surface area contributed by atoms with Crippen LogP contribution in [0.4, 0.5) is 5.00 Å². The molecule has 0 radical (unpaired) electrons. The van der Waals surface area contributed by atoms with E-state index in [2.05, 4.69) is 17.2 Å². The number of aromatic nitrogens is 1. The molecule has 3 rings (SSSR count). The Morgan fingerprint density at radius 1 is 1.21 bits per heavy atom. The summed E-state index contributed by atoms with van der Waals surface area (Å²) in [5.74, 6) is -1.01. The van der Waals surface area contributed by atoms with Gasteiger partial charge in [0.05, 0.1) is 17.7 Å². The van der Waals surface area contributed by atoms with Crippen molar-refractivity contribution in [2.45, 2.75) is 33.1 Å². The molecule has 0 bridgehead atoms. The predicted octanol–water partition coefficient (Wildman–Crippen LogP) is 3.24. The largest absolute Gasteiger partial charge is 0.462 e. The lowest BCUT2D eigenvalue weighted by molar-refractivity contribution is -0.119. The Morgan fingerprint density at radius 2 is 1.96 bits per heavy atom. The minimum Gasteiger partial charge on any atom is -0.462 e. The number of anilines is 1. The Bertz CT molecular complexity index is 878. The van der Waals surface area contributed by atoms with Crippen LogP contribution in [0, 0.1) is 5.92 Å². The van der Waals surface area contributed by atoms with Crippen molar-refractivity contribution in [1.82, 2.24) is 4.98 Å². The molecule has 0 saturated carbocycles. The third-order valence-electron chi connectivity index (χ3n) is 4.49. The van der Waals surface area contributed by atoms with Crippen molar-refractivity contribution in [1.29, 1.82) is 0 Å². The van der Waals surface area contributed by atoms with E-state index in [1.54, 1.807) is 6.92 Å². The molecule has 1 amide bonds. The van der Waals surface area contributed by atoms with E-state index in [0.29, 0.717) is 22.0 Å². The minimum atomic E-state index is -0.609.